The van der Waals surface area contributed by atoms with Crippen molar-refractivity contribution in [3.05, 3.63) is 58.5 Å². The average Bonchev–Trinajstić information content (AvgIpc) is 2.88. The number of aromatic nitrogens is 2. The maximum atomic E-state index is 12.7. The van der Waals surface area contributed by atoms with E-state index in [-0.39, 0.29) is 30.3 Å². The van der Waals surface area contributed by atoms with E-state index < -0.39 is 0 Å². The number of hydrogen-bond donors (Lipinski definition) is 2. The summed E-state index contributed by atoms with van der Waals surface area (Å²) in [5.41, 5.74) is 2.91. The molecule has 3 aromatic rings. The highest BCUT2D eigenvalue weighted by Crippen LogP contribution is 2.24. The monoisotopic (exact) mass is 353 g/mol. The van der Waals surface area contributed by atoms with Gasteiger partial charge in [-0.3, -0.25) is 13.9 Å². The Morgan fingerprint density at radius 3 is 2.35 bits per heavy atom. The zero-order valence-electron chi connectivity index (χ0n) is 15.0. The minimum Gasteiger partial charge on any atom is -0.506 e. The molecule has 0 unspecified atom stereocenters. The van der Waals surface area contributed by atoms with Gasteiger partial charge in [0.15, 0.2) is 0 Å². The van der Waals surface area contributed by atoms with Crippen LogP contribution in [0.5, 0.6) is 5.75 Å². The maximum Gasteiger partial charge on any atom is 0.329 e. The highest BCUT2D eigenvalue weighted by Gasteiger charge is 2.14. The van der Waals surface area contributed by atoms with E-state index in [1.54, 1.807) is 21.3 Å². The molecule has 0 saturated carbocycles. The zero-order chi connectivity index (χ0) is 18.7. The molecule has 2 N–H and O–H groups in total. The van der Waals surface area contributed by atoms with Crippen molar-refractivity contribution in [3.8, 4) is 5.75 Å². The molecule has 0 aliphatic heterocycles. The van der Waals surface area contributed by atoms with Crippen molar-refractivity contribution in [2.75, 3.05) is 5.32 Å². The smallest absolute Gasteiger partial charge is 0.329 e. The van der Waals surface area contributed by atoms with Crippen LogP contribution in [-0.2, 0) is 17.9 Å². The molecule has 136 valence electrons. The lowest BCUT2D eigenvalue weighted by atomic mass is 10.2. The van der Waals surface area contributed by atoms with E-state index in [0.29, 0.717) is 12.2 Å². The van der Waals surface area contributed by atoms with Crippen LogP contribution in [-0.4, -0.2) is 20.1 Å². The van der Waals surface area contributed by atoms with Crippen LogP contribution >= 0.6 is 0 Å². The Morgan fingerprint density at radius 1 is 1.08 bits per heavy atom. The SMILES string of the molecule is CCCn1c(=O)n(CCC(=O)Nc2ccc(C)cc2O)c2ccccc21. The molecular formula is C20H23N3O3. The van der Waals surface area contributed by atoms with Gasteiger partial charge in [-0.15, -0.1) is 0 Å². The van der Waals surface area contributed by atoms with Crippen LogP contribution in [0.15, 0.2) is 47.3 Å². The zero-order valence-corrected chi connectivity index (χ0v) is 15.0. The minimum atomic E-state index is -0.247. The van der Waals surface area contributed by atoms with E-state index in [9.17, 15) is 14.7 Å². The summed E-state index contributed by atoms with van der Waals surface area (Å²) in [5, 5.41) is 12.6. The summed E-state index contributed by atoms with van der Waals surface area (Å²) < 4.78 is 3.39. The second kappa shape index (κ2) is 7.47. The number of nitrogens with one attached hydrogen (secondary N) is 1. The molecule has 3 rings (SSSR count). The Balaban J connectivity index is 1.78. The van der Waals surface area contributed by atoms with Gasteiger partial charge in [0.1, 0.15) is 5.75 Å². The third-order valence-corrected chi connectivity index (χ3v) is 4.36. The number of fused-ring (bicyclic) bond motifs is 1. The first-order valence-electron chi connectivity index (χ1n) is 8.78. The summed E-state index contributed by atoms with van der Waals surface area (Å²) in [6, 6.07) is 12.7. The standard InChI is InChI=1S/C20H23N3O3/c1-3-11-22-16-6-4-5-7-17(16)23(20(22)26)12-10-19(25)21-15-9-8-14(2)13-18(15)24/h4-9,13,24H,3,10-12H2,1-2H3,(H,21,25). The lowest BCUT2D eigenvalue weighted by molar-refractivity contribution is -0.116. The van der Waals surface area contributed by atoms with Crippen molar-refractivity contribution < 1.29 is 9.90 Å². The number of para-hydroxylation sites is 2. The largest absolute Gasteiger partial charge is 0.506 e. The van der Waals surface area contributed by atoms with Gasteiger partial charge in [0.25, 0.3) is 0 Å². The first-order valence-corrected chi connectivity index (χ1v) is 8.78. The summed E-state index contributed by atoms with van der Waals surface area (Å²) in [6.45, 7) is 4.83. The summed E-state index contributed by atoms with van der Waals surface area (Å²) in [6.07, 6.45) is 1.01. The number of carbonyl (C=O) groups is 1. The summed E-state index contributed by atoms with van der Waals surface area (Å²) >= 11 is 0. The van der Waals surface area contributed by atoms with Gasteiger partial charge in [-0.2, -0.15) is 0 Å². The minimum absolute atomic E-state index is 0.0371. The molecule has 26 heavy (non-hydrogen) atoms. The van der Waals surface area contributed by atoms with Crippen LogP contribution in [0.3, 0.4) is 0 Å². The van der Waals surface area contributed by atoms with E-state index >= 15 is 0 Å². The number of phenols is 1. The first kappa shape index (κ1) is 17.8. The van der Waals surface area contributed by atoms with Gasteiger partial charge in [-0.25, -0.2) is 4.79 Å². The van der Waals surface area contributed by atoms with Gasteiger partial charge in [-0.1, -0.05) is 25.1 Å². The maximum absolute atomic E-state index is 12.7. The number of rotatable bonds is 6. The highest BCUT2D eigenvalue weighted by molar-refractivity contribution is 5.92. The average molecular weight is 353 g/mol. The Kier molecular flexibility index (Phi) is 5.11. The number of phenolic OH excluding ortho intramolecular Hbond substituents is 1. The Labute approximate surface area is 151 Å². The lowest BCUT2D eigenvalue weighted by Gasteiger charge is -2.08. The Morgan fingerprint density at radius 2 is 1.73 bits per heavy atom. The van der Waals surface area contributed by atoms with Gasteiger partial charge in [0, 0.05) is 19.5 Å². The molecule has 2 aromatic carbocycles. The fourth-order valence-electron chi connectivity index (χ4n) is 3.10. The fraction of sp³-hybridized carbons (Fsp3) is 0.300. The van der Waals surface area contributed by atoms with Crippen LogP contribution in [0.2, 0.25) is 0 Å². The molecule has 0 atom stereocenters. The van der Waals surface area contributed by atoms with Crippen molar-refractivity contribution in [1.82, 2.24) is 9.13 Å². The topological polar surface area (TPSA) is 76.3 Å². The number of nitrogens with zero attached hydrogens (tertiary/aromatic N) is 2. The number of amides is 1. The van der Waals surface area contributed by atoms with Crippen molar-refractivity contribution in [1.29, 1.82) is 0 Å². The summed E-state index contributed by atoms with van der Waals surface area (Å²) in [4.78, 5) is 25.0. The Bertz CT molecular complexity index is 1000. The molecule has 0 radical (unpaired) electrons. The molecule has 1 amide bonds. The van der Waals surface area contributed by atoms with Crippen LogP contribution in [0.25, 0.3) is 11.0 Å². The van der Waals surface area contributed by atoms with Crippen LogP contribution in [0.1, 0.15) is 25.3 Å². The van der Waals surface area contributed by atoms with Gasteiger partial charge < -0.3 is 10.4 Å². The van der Waals surface area contributed by atoms with E-state index in [0.717, 1.165) is 23.0 Å². The third-order valence-electron chi connectivity index (χ3n) is 4.36. The predicted molar refractivity (Wildman–Crippen MR) is 103 cm³/mol. The van der Waals surface area contributed by atoms with Crippen molar-refractivity contribution in [2.45, 2.75) is 39.8 Å². The molecule has 0 aliphatic rings. The number of anilines is 1. The number of aromatic hydroxyl groups is 1. The second-order valence-electron chi connectivity index (χ2n) is 6.39. The van der Waals surface area contributed by atoms with Crippen LogP contribution in [0.4, 0.5) is 5.69 Å². The van der Waals surface area contributed by atoms with Gasteiger partial charge in [-0.05, 0) is 43.2 Å². The summed E-state index contributed by atoms with van der Waals surface area (Å²) in [5.74, 6) is -0.210. The molecule has 0 bridgehead atoms. The van der Waals surface area contributed by atoms with Gasteiger partial charge in [0.2, 0.25) is 5.91 Å². The Hall–Kier alpha value is -3.02. The number of hydrogen-bond acceptors (Lipinski definition) is 3. The fourth-order valence-corrected chi connectivity index (χ4v) is 3.10. The number of aryl methyl sites for hydroxylation is 3. The van der Waals surface area contributed by atoms with Crippen molar-refractivity contribution in [2.24, 2.45) is 0 Å². The molecule has 1 aromatic heterocycles. The summed E-state index contributed by atoms with van der Waals surface area (Å²) in [7, 11) is 0. The third kappa shape index (κ3) is 3.49. The molecule has 6 heteroatoms. The quantitative estimate of drug-likeness (QED) is 0.668. The number of carbonyl (C=O) groups excluding carboxylic acids is 1. The van der Waals surface area contributed by atoms with E-state index in [1.165, 1.54) is 0 Å². The highest BCUT2D eigenvalue weighted by atomic mass is 16.3. The second-order valence-corrected chi connectivity index (χ2v) is 6.39. The molecular weight excluding hydrogens is 330 g/mol. The number of imidazole rings is 1. The molecule has 0 fully saturated rings. The van der Waals surface area contributed by atoms with Crippen molar-refractivity contribution >= 4 is 22.6 Å². The molecule has 1 heterocycles. The van der Waals surface area contributed by atoms with E-state index in [4.69, 9.17) is 0 Å². The normalized spacial score (nSPS) is 11.0. The van der Waals surface area contributed by atoms with Gasteiger partial charge >= 0.3 is 5.69 Å². The first-order chi connectivity index (χ1) is 12.5. The van der Waals surface area contributed by atoms with Crippen LogP contribution in [0, 0.1) is 6.92 Å². The molecule has 0 saturated heterocycles. The van der Waals surface area contributed by atoms with Gasteiger partial charge in [0.05, 0.1) is 16.7 Å². The predicted octanol–water partition coefficient (Wildman–Crippen LogP) is 3.26. The molecule has 0 spiro atoms. The van der Waals surface area contributed by atoms with Crippen LogP contribution < -0.4 is 11.0 Å². The number of benzene rings is 2. The van der Waals surface area contributed by atoms with E-state index in [2.05, 4.69) is 5.32 Å². The van der Waals surface area contributed by atoms with E-state index in [1.807, 2.05) is 44.2 Å². The lowest BCUT2D eigenvalue weighted by Crippen LogP contribution is -2.26. The molecule has 0 aliphatic carbocycles. The van der Waals surface area contributed by atoms with Crippen molar-refractivity contribution in [3.63, 3.8) is 0 Å². The molecule has 6 nitrogen and oxygen atoms in total.